The molecule has 0 N–H and O–H groups in total. The molecule has 1 aromatic heterocycles. The Morgan fingerprint density at radius 2 is 2.11 bits per heavy atom. The molecule has 0 saturated heterocycles. The van der Waals surface area contributed by atoms with E-state index in [0.717, 1.165) is 6.54 Å². The van der Waals surface area contributed by atoms with Gasteiger partial charge < -0.3 is 9.47 Å². The van der Waals surface area contributed by atoms with Crippen molar-refractivity contribution in [2.75, 3.05) is 0 Å². The number of aromatic nitrogens is 1. The highest BCUT2D eigenvalue weighted by Crippen LogP contribution is 2.31. The second-order valence-corrected chi connectivity index (χ2v) is 6.60. The largest absolute Gasteiger partial charge is 0.353 e. The monoisotopic (exact) mass is 248 g/mol. The second kappa shape index (κ2) is 4.79. The molecule has 0 bridgehead atoms. The Morgan fingerprint density at radius 3 is 2.56 bits per heavy atom. The van der Waals surface area contributed by atoms with Crippen molar-refractivity contribution in [1.82, 2.24) is 9.47 Å². The predicted molar refractivity (Wildman–Crippen MR) is 73.1 cm³/mol. The van der Waals surface area contributed by atoms with Crippen molar-refractivity contribution in [3.8, 4) is 0 Å². The van der Waals surface area contributed by atoms with Gasteiger partial charge in [-0.25, -0.2) is 0 Å². The molecule has 100 valence electrons. The zero-order valence-electron chi connectivity index (χ0n) is 11.9. The average Bonchev–Trinajstić information content (AvgIpc) is 2.97. The smallest absolute Gasteiger partial charge is 0.223 e. The number of hydrogen-bond acceptors (Lipinski definition) is 1. The van der Waals surface area contributed by atoms with Gasteiger partial charge in [-0.1, -0.05) is 20.8 Å². The summed E-state index contributed by atoms with van der Waals surface area (Å²) >= 11 is 0. The number of amides is 1. The van der Waals surface area contributed by atoms with E-state index in [1.165, 1.54) is 18.5 Å². The van der Waals surface area contributed by atoms with Crippen LogP contribution in [0.4, 0.5) is 0 Å². The molecule has 1 saturated carbocycles. The summed E-state index contributed by atoms with van der Waals surface area (Å²) in [5.74, 6) is 0.297. The highest BCUT2D eigenvalue weighted by Gasteiger charge is 2.34. The SMILES string of the molecule is Cn1cccc1CN(C(=O)CC(C)(C)C)C1CC1. The Bertz CT molecular complexity index is 424. The molecule has 0 spiro atoms. The molecule has 18 heavy (non-hydrogen) atoms. The lowest BCUT2D eigenvalue weighted by Crippen LogP contribution is -2.35. The van der Waals surface area contributed by atoms with Gasteiger partial charge in [-0.05, 0) is 30.4 Å². The molecule has 1 heterocycles. The summed E-state index contributed by atoms with van der Waals surface area (Å²) < 4.78 is 2.10. The first-order valence-corrected chi connectivity index (χ1v) is 6.76. The van der Waals surface area contributed by atoms with Gasteiger partial charge in [0.25, 0.3) is 0 Å². The van der Waals surface area contributed by atoms with E-state index in [0.29, 0.717) is 18.4 Å². The standard InChI is InChI=1S/C15H24N2O/c1-15(2,3)10-14(18)17(12-7-8-12)11-13-6-5-9-16(13)4/h5-6,9,12H,7-8,10-11H2,1-4H3. The minimum atomic E-state index is 0.0679. The third kappa shape index (κ3) is 3.37. The molecule has 1 fully saturated rings. The van der Waals surface area contributed by atoms with Gasteiger partial charge in [0, 0.05) is 31.4 Å². The number of rotatable bonds is 4. The number of carbonyl (C=O) groups excluding carboxylic acids is 1. The molecule has 0 aromatic carbocycles. The predicted octanol–water partition coefficient (Wildman–Crippen LogP) is 2.95. The lowest BCUT2D eigenvalue weighted by molar-refractivity contribution is -0.134. The van der Waals surface area contributed by atoms with E-state index < -0.39 is 0 Å². The van der Waals surface area contributed by atoms with Crippen LogP contribution in [-0.4, -0.2) is 21.4 Å². The zero-order valence-corrected chi connectivity index (χ0v) is 11.9. The topological polar surface area (TPSA) is 25.2 Å². The summed E-state index contributed by atoms with van der Waals surface area (Å²) in [6.45, 7) is 7.12. The van der Waals surface area contributed by atoms with Crippen molar-refractivity contribution >= 4 is 5.91 Å². The summed E-state index contributed by atoms with van der Waals surface area (Å²) in [5.41, 5.74) is 1.28. The van der Waals surface area contributed by atoms with Crippen molar-refractivity contribution < 1.29 is 4.79 Å². The maximum atomic E-state index is 12.4. The van der Waals surface area contributed by atoms with E-state index in [-0.39, 0.29) is 5.41 Å². The molecule has 1 aromatic rings. The van der Waals surface area contributed by atoms with Crippen LogP contribution in [0, 0.1) is 5.41 Å². The number of aryl methyl sites for hydroxylation is 1. The van der Waals surface area contributed by atoms with Crippen molar-refractivity contribution in [2.24, 2.45) is 12.5 Å². The fourth-order valence-corrected chi connectivity index (χ4v) is 2.20. The first kappa shape index (κ1) is 13.2. The summed E-state index contributed by atoms with van der Waals surface area (Å²) in [7, 11) is 2.04. The Labute approximate surface area is 110 Å². The van der Waals surface area contributed by atoms with Crippen molar-refractivity contribution in [1.29, 1.82) is 0 Å². The molecular formula is C15H24N2O. The first-order chi connectivity index (χ1) is 8.37. The van der Waals surface area contributed by atoms with Gasteiger partial charge in [0.1, 0.15) is 0 Å². The quantitative estimate of drug-likeness (QED) is 0.804. The minimum absolute atomic E-state index is 0.0679. The van der Waals surface area contributed by atoms with Gasteiger partial charge in [-0.3, -0.25) is 4.79 Å². The van der Waals surface area contributed by atoms with Crippen LogP contribution in [0.25, 0.3) is 0 Å². The highest BCUT2D eigenvalue weighted by molar-refractivity contribution is 5.77. The minimum Gasteiger partial charge on any atom is -0.353 e. The fraction of sp³-hybridized carbons (Fsp3) is 0.667. The Balaban J connectivity index is 2.05. The van der Waals surface area contributed by atoms with Crippen LogP contribution >= 0.6 is 0 Å². The van der Waals surface area contributed by atoms with Crippen LogP contribution in [-0.2, 0) is 18.4 Å². The van der Waals surface area contributed by atoms with E-state index >= 15 is 0 Å². The maximum absolute atomic E-state index is 12.4. The van der Waals surface area contributed by atoms with E-state index in [1.54, 1.807) is 0 Å². The Kier molecular flexibility index (Phi) is 3.51. The van der Waals surface area contributed by atoms with E-state index in [1.807, 2.05) is 19.3 Å². The van der Waals surface area contributed by atoms with Gasteiger partial charge in [-0.2, -0.15) is 0 Å². The van der Waals surface area contributed by atoms with Gasteiger partial charge >= 0.3 is 0 Å². The van der Waals surface area contributed by atoms with E-state index in [4.69, 9.17) is 0 Å². The molecule has 0 aliphatic heterocycles. The van der Waals surface area contributed by atoms with Crippen LogP contribution in [0.3, 0.4) is 0 Å². The van der Waals surface area contributed by atoms with Gasteiger partial charge in [0.2, 0.25) is 5.91 Å². The van der Waals surface area contributed by atoms with Crippen molar-refractivity contribution in [3.05, 3.63) is 24.0 Å². The average molecular weight is 248 g/mol. The fourth-order valence-electron chi connectivity index (χ4n) is 2.20. The van der Waals surface area contributed by atoms with Crippen LogP contribution in [0.1, 0.15) is 45.7 Å². The highest BCUT2D eigenvalue weighted by atomic mass is 16.2. The third-order valence-corrected chi connectivity index (χ3v) is 3.37. The van der Waals surface area contributed by atoms with E-state index in [9.17, 15) is 4.79 Å². The molecule has 1 aliphatic carbocycles. The zero-order chi connectivity index (χ0) is 13.3. The van der Waals surface area contributed by atoms with E-state index in [2.05, 4.69) is 36.3 Å². The normalized spacial score (nSPS) is 15.8. The van der Waals surface area contributed by atoms with Crippen molar-refractivity contribution in [3.63, 3.8) is 0 Å². The van der Waals surface area contributed by atoms with Crippen LogP contribution in [0.2, 0.25) is 0 Å². The Morgan fingerprint density at radius 1 is 1.44 bits per heavy atom. The third-order valence-electron chi connectivity index (χ3n) is 3.37. The van der Waals surface area contributed by atoms with Crippen LogP contribution in [0.5, 0.6) is 0 Å². The molecule has 0 radical (unpaired) electrons. The molecule has 1 aliphatic rings. The van der Waals surface area contributed by atoms with Crippen molar-refractivity contribution in [2.45, 2.75) is 52.6 Å². The summed E-state index contributed by atoms with van der Waals surface area (Å²) in [5, 5.41) is 0. The molecule has 3 nitrogen and oxygen atoms in total. The molecule has 1 amide bonds. The molecule has 0 atom stereocenters. The molecule has 2 rings (SSSR count). The van der Waals surface area contributed by atoms with Gasteiger partial charge in [0.05, 0.1) is 6.54 Å². The number of nitrogens with zero attached hydrogens (tertiary/aromatic N) is 2. The van der Waals surface area contributed by atoms with Gasteiger partial charge in [-0.15, -0.1) is 0 Å². The summed E-state index contributed by atoms with van der Waals surface area (Å²) in [4.78, 5) is 14.5. The molecule has 3 heteroatoms. The van der Waals surface area contributed by atoms with Crippen LogP contribution < -0.4 is 0 Å². The first-order valence-electron chi connectivity index (χ1n) is 6.76. The Hall–Kier alpha value is -1.25. The number of hydrogen-bond donors (Lipinski definition) is 0. The summed E-state index contributed by atoms with van der Waals surface area (Å²) in [6.07, 6.45) is 5.00. The number of carbonyl (C=O) groups is 1. The maximum Gasteiger partial charge on any atom is 0.223 e. The molecular weight excluding hydrogens is 224 g/mol. The second-order valence-electron chi connectivity index (χ2n) is 6.60. The van der Waals surface area contributed by atoms with Crippen LogP contribution in [0.15, 0.2) is 18.3 Å². The van der Waals surface area contributed by atoms with Gasteiger partial charge in [0.15, 0.2) is 0 Å². The molecule has 0 unspecified atom stereocenters. The lowest BCUT2D eigenvalue weighted by Gasteiger charge is -2.27. The lowest BCUT2D eigenvalue weighted by atomic mass is 9.91. The summed E-state index contributed by atoms with van der Waals surface area (Å²) in [6, 6.07) is 4.61.